The first-order valence-electron chi connectivity index (χ1n) is 7.78. The molecule has 3 nitrogen and oxygen atoms in total. The lowest BCUT2D eigenvalue weighted by Gasteiger charge is -2.36. The molecule has 0 amide bonds. The summed E-state index contributed by atoms with van der Waals surface area (Å²) in [5.74, 6) is 2.18. The van der Waals surface area contributed by atoms with E-state index in [2.05, 4.69) is 25.2 Å². The molecule has 1 aromatic carbocycles. The van der Waals surface area contributed by atoms with E-state index in [9.17, 15) is 5.11 Å². The van der Waals surface area contributed by atoms with Gasteiger partial charge in [-0.2, -0.15) is 0 Å². The highest BCUT2D eigenvalue weighted by atomic mass is 16.5. The summed E-state index contributed by atoms with van der Waals surface area (Å²) in [7, 11) is 0. The molecule has 1 aliphatic rings. The van der Waals surface area contributed by atoms with Gasteiger partial charge in [0.05, 0.1) is 13.2 Å². The summed E-state index contributed by atoms with van der Waals surface area (Å²) in [6.07, 6.45) is 3.93. The zero-order valence-electron chi connectivity index (χ0n) is 12.9. The summed E-state index contributed by atoms with van der Waals surface area (Å²) in [5, 5.41) is 13.1. The number of ether oxygens (including phenoxy) is 1. The Kier molecular flexibility index (Phi) is 5.30. The second kappa shape index (κ2) is 6.98. The van der Waals surface area contributed by atoms with E-state index in [-0.39, 0.29) is 6.61 Å². The van der Waals surface area contributed by atoms with Crippen molar-refractivity contribution in [2.24, 2.45) is 11.8 Å². The van der Waals surface area contributed by atoms with Crippen LogP contribution in [0.15, 0.2) is 18.2 Å². The van der Waals surface area contributed by atoms with Crippen molar-refractivity contribution in [3.8, 4) is 5.75 Å². The highest BCUT2D eigenvalue weighted by Crippen LogP contribution is 2.32. The number of aliphatic hydroxyl groups is 1. The molecule has 112 valence electrons. The van der Waals surface area contributed by atoms with Gasteiger partial charge in [0, 0.05) is 17.3 Å². The van der Waals surface area contributed by atoms with Gasteiger partial charge in [-0.3, -0.25) is 0 Å². The fraction of sp³-hybridized carbons (Fsp3) is 0.647. The number of benzene rings is 1. The van der Waals surface area contributed by atoms with Crippen molar-refractivity contribution >= 4 is 5.69 Å². The molecule has 1 aliphatic carbocycles. The third-order valence-corrected chi connectivity index (χ3v) is 4.41. The first-order valence-corrected chi connectivity index (χ1v) is 7.78. The van der Waals surface area contributed by atoms with Crippen LogP contribution in [0.3, 0.4) is 0 Å². The van der Waals surface area contributed by atoms with Crippen LogP contribution in [0.5, 0.6) is 5.75 Å². The Hall–Kier alpha value is -1.22. The van der Waals surface area contributed by atoms with Gasteiger partial charge in [-0.1, -0.05) is 20.3 Å². The van der Waals surface area contributed by atoms with Gasteiger partial charge in [0.2, 0.25) is 0 Å². The van der Waals surface area contributed by atoms with Crippen molar-refractivity contribution in [2.75, 3.05) is 11.9 Å². The number of hydrogen-bond acceptors (Lipinski definition) is 3. The van der Waals surface area contributed by atoms with Gasteiger partial charge < -0.3 is 15.2 Å². The van der Waals surface area contributed by atoms with E-state index in [4.69, 9.17) is 4.74 Å². The molecule has 1 saturated carbocycles. The lowest BCUT2D eigenvalue weighted by atomic mass is 9.78. The van der Waals surface area contributed by atoms with Gasteiger partial charge in [0.1, 0.15) is 5.75 Å². The first kappa shape index (κ1) is 15.2. The molecule has 0 bridgehead atoms. The molecule has 0 heterocycles. The average Bonchev–Trinajstić information content (AvgIpc) is 2.44. The summed E-state index contributed by atoms with van der Waals surface area (Å²) in [5.41, 5.74) is 1.94. The average molecular weight is 277 g/mol. The molecular weight excluding hydrogens is 250 g/mol. The monoisotopic (exact) mass is 277 g/mol. The Morgan fingerprint density at radius 3 is 2.55 bits per heavy atom. The van der Waals surface area contributed by atoms with Crippen LogP contribution in [-0.2, 0) is 6.61 Å². The molecule has 1 aromatic rings. The molecule has 0 spiro atoms. The van der Waals surface area contributed by atoms with E-state index in [1.54, 1.807) is 0 Å². The molecule has 2 N–H and O–H groups in total. The van der Waals surface area contributed by atoms with E-state index >= 15 is 0 Å². The second-order valence-corrected chi connectivity index (χ2v) is 5.97. The zero-order valence-corrected chi connectivity index (χ0v) is 12.9. The first-order chi connectivity index (χ1) is 9.65. The SMILES string of the molecule is CCOc1ccc(NC2C(C)CCCC2C)cc1CO. The highest BCUT2D eigenvalue weighted by molar-refractivity contribution is 5.51. The Labute approximate surface area is 122 Å². The molecule has 0 aromatic heterocycles. The van der Waals surface area contributed by atoms with Gasteiger partial charge in [0.25, 0.3) is 0 Å². The van der Waals surface area contributed by atoms with Gasteiger partial charge in [0.15, 0.2) is 0 Å². The molecule has 2 atom stereocenters. The maximum absolute atomic E-state index is 9.47. The predicted octanol–water partition coefficient (Wildman–Crippen LogP) is 3.81. The maximum atomic E-state index is 9.47. The van der Waals surface area contributed by atoms with E-state index in [0.29, 0.717) is 24.5 Å². The fourth-order valence-corrected chi connectivity index (χ4v) is 3.25. The largest absolute Gasteiger partial charge is 0.494 e. The van der Waals surface area contributed by atoms with Crippen LogP contribution in [0, 0.1) is 11.8 Å². The van der Waals surface area contributed by atoms with Crippen molar-refractivity contribution in [1.29, 1.82) is 0 Å². The van der Waals surface area contributed by atoms with Gasteiger partial charge in [-0.15, -0.1) is 0 Å². The minimum absolute atomic E-state index is 0.0145. The van der Waals surface area contributed by atoms with Crippen LogP contribution in [0.4, 0.5) is 5.69 Å². The van der Waals surface area contributed by atoms with Crippen LogP contribution in [-0.4, -0.2) is 17.8 Å². The fourth-order valence-electron chi connectivity index (χ4n) is 3.25. The molecule has 0 aliphatic heterocycles. The second-order valence-electron chi connectivity index (χ2n) is 5.97. The topological polar surface area (TPSA) is 41.5 Å². The minimum Gasteiger partial charge on any atom is -0.494 e. The Morgan fingerprint density at radius 1 is 1.25 bits per heavy atom. The quantitative estimate of drug-likeness (QED) is 0.860. The molecule has 3 heteroatoms. The smallest absolute Gasteiger partial charge is 0.124 e. The van der Waals surface area contributed by atoms with Gasteiger partial charge in [-0.05, 0) is 49.8 Å². The summed E-state index contributed by atoms with van der Waals surface area (Å²) < 4.78 is 5.53. The lowest BCUT2D eigenvalue weighted by Crippen LogP contribution is -2.37. The Bertz CT molecular complexity index is 423. The van der Waals surface area contributed by atoms with Crippen molar-refractivity contribution in [3.63, 3.8) is 0 Å². The molecule has 2 rings (SSSR count). The number of aliphatic hydroxyl groups excluding tert-OH is 1. The van der Waals surface area contributed by atoms with E-state index in [1.807, 2.05) is 19.1 Å². The number of anilines is 1. The zero-order chi connectivity index (χ0) is 14.5. The highest BCUT2D eigenvalue weighted by Gasteiger charge is 2.27. The normalized spacial score (nSPS) is 26.3. The molecule has 20 heavy (non-hydrogen) atoms. The molecule has 1 fully saturated rings. The lowest BCUT2D eigenvalue weighted by molar-refractivity contribution is 0.265. The molecule has 0 saturated heterocycles. The van der Waals surface area contributed by atoms with Crippen LogP contribution < -0.4 is 10.1 Å². The Balaban J connectivity index is 2.12. The summed E-state index contributed by atoms with van der Waals surface area (Å²) in [6, 6.07) is 6.54. The van der Waals surface area contributed by atoms with E-state index < -0.39 is 0 Å². The van der Waals surface area contributed by atoms with Crippen molar-refractivity contribution < 1.29 is 9.84 Å². The van der Waals surface area contributed by atoms with Gasteiger partial charge in [-0.25, -0.2) is 0 Å². The van der Waals surface area contributed by atoms with Crippen LogP contribution in [0.1, 0.15) is 45.6 Å². The van der Waals surface area contributed by atoms with Crippen LogP contribution in [0.25, 0.3) is 0 Å². The van der Waals surface area contributed by atoms with Crippen molar-refractivity contribution in [1.82, 2.24) is 0 Å². The third-order valence-electron chi connectivity index (χ3n) is 4.41. The summed E-state index contributed by atoms with van der Waals surface area (Å²) >= 11 is 0. The van der Waals surface area contributed by atoms with Gasteiger partial charge >= 0.3 is 0 Å². The van der Waals surface area contributed by atoms with Crippen molar-refractivity contribution in [3.05, 3.63) is 23.8 Å². The van der Waals surface area contributed by atoms with Crippen molar-refractivity contribution in [2.45, 2.75) is 52.7 Å². The molecule has 0 radical (unpaired) electrons. The Morgan fingerprint density at radius 2 is 1.95 bits per heavy atom. The molecule has 2 unspecified atom stereocenters. The summed E-state index contributed by atoms with van der Waals surface area (Å²) in [6.45, 7) is 7.25. The number of rotatable bonds is 5. The standard InChI is InChI=1S/C17H27NO2/c1-4-20-16-9-8-15(10-14(16)11-19)18-17-12(2)6-5-7-13(17)3/h8-10,12-13,17-19H,4-7,11H2,1-3H3. The minimum atomic E-state index is 0.0145. The number of hydrogen-bond donors (Lipinski definition) is 2. The predicted molar refractivity (Wildman–Crippen MR) is 83.1 cm³/mol. The van der Waals surface area contributed by atoms with Crippen LogP contribution >= 0.6 is 0 Å². The molecular formula is C17H27NO2. The summed E-state index contributed by atoms with van der Waals surface area (Å²) in [4.78, 5) is 0. The van der Waals surface area contributed by atoms with Crippen LogP contribution in [0.2, 0.25) is 0 Å². The van der Waals surface area contributed by atoms with E-state index in [0.717, 1.165) is 17.0 Å². The maximum Gasteiger partial charge on any atom is 0.124 e. The van der Waals surface area contributed by atoms with E-state index in [1.165, 1.54) is 19.3 Å². The third kappa shape index (κ3) is 3.45. The number of nitrogens with one attached hydrogen (secondary N) is 1.